The molecule has 0 radical (unpaired) electrons. The lowest BCUT2D eigenvalue weighted by molar-refractivity contribution is -0.0479. The normalized spacial score (nSPS) is 23.3. The van der Waals surface area contributed by atoms with E-state index in [0.29, 0.717) is 19.3 Å². The molecule has 25 heavy (non-hydrogen) atoms. The summed E-state index contributed by atoms with van der Waals surface area (Å²) in [4.78, 5) is 0. The number of hydrogen-bond acceptors (Lipinski definition) is 2. The van der Waals surface area contributed by atoms with E-state index in [9.17, 15) is 17.6 Å². The molecule has 2 nitrogen and oxygen atoms in total. The number of unbranched alkanes of at least 4 members (excludes halogenated alkanes) is 1. The Labute approximate surface area is 146 Å². The van der Waals surface area contributed by atoms with Gasteiger partial charge in [-0.25, -0.2) is 13.2 Å². The summed E-state index contributed by atoms with van der Waals surface area (Å²) < 4.78 is 66.6. The van der Waals surface area contributed by atoms with E-state index in [1.165, 1.54) is 12.1 Å². The molecule has 1 aromatic carbocycles. The van der Waals surface area contributed by atoms with Crippen molar-refractivity contribution in [1.29, 1.82) is 0 Å². The van der Waals surface area contributed by atoms with Gasteiger partial charge < -0.3 is 9.47 Å². The Balaban J connectivity index is 1.90. The third kappa shape index (κ3) is 5.33. The van der Waals surface area contributed by atoms with Gasteiger partial charge in [0.25, 0.3) is 0 Å². The van der Waals surface area contributed by atoms with Gasteiger partial charge in [0, 0.05) is 5.92 Å². The van der Waals surface area contributed by atoms with Crippen molar-refractivity contribution in [3.05, 3.63) is 29.3 Å². The Morgan fingerprint density at radius 2 is 1.96 bits per heavy atom. The van der Waals surface area contributed by atoms with E-state index in [1.54, 1.807) is 0 Å². The van der Waals surface area contributed by atoms with E-state index in [-0.39, 0.29) is 24.0 Å². The summed E-state index contributed by atoms with van der Waals surface area (Å²) in [5, 5.41) is 0. The number of halogens is 4. The molecule has 1 aliphatic heterocycles. The minimum absolute atomic E-state index is 0.0565. The highest BCUT2D eigenvalue weighted by molar-refractivity contribution is 5.31. The zero-order chi connectivity index (χ0) is 18.4. The molecule has 0 bridgehead atoms. The predicted molar refractivity (Wildman–Crippen MR) is 88.4 cm³/mol. The zero-order valence-corrected chi connectivity index (χ0v) is 14.7. The van der Waals surface area contributed by atoms with Crippen LogP contribution in [0.5, 0.6) is 5.75 Å². The number of hydrogen-bond donors (Lipinski definition) is 0. The van der Waals surface area contributed by atoms with Crippen molar-refractivity contribution >= 4 is 0 Å². The van der Waals surface area contributed by atoms with E-state index in [1.807, 2.05) is 13.8 Å². The van der Waals surface area contributed by atoms with E-state index < -0.39 is 36.5 Å². The maximum atomic E-state index is 14.2. The van der Waals surface area contributed by atoms with E-state index in [2.05, 4.69) is 0 Å². The Morgan fingerprint density at radius 1 is 1.20 bits per heavy atom. The third-order valence-corrected chi connectivity index (χ3v) is 4.66. The fourth-order valence-corrected chi connectivity index (χ4v) is 2.95. The van der Waals surface area contributed by atoms with Crippen LogP contribution in [0.1, 0.15) is 45.1 Å². The summed E-state index contributed by atoms with van der Waals surface area (Å²) in [5.74, 6) is -3.05. The number of rotatable bonds is 8. The first-order valence-corrected chi connectivity index (χ1v) is 8.93. The van der Waals surface area contributed by atoms with Gasteiger partial charge in [-0.05, 0) is 44.2 Å². The monoisotopic (exact) mass is 362 g/mol. The van der Waals surface area contributed by atoms with Crippen molar-refractivity contribution in [2.24, 2.45) is 5.92 Å². The minimum atomic E-state index is -1.91. The van der Waals surface area contributed by atoms with Gasteiger partial charge in [-0.3, -0.25) is 0 Å². The summed E-state index contributed by atoms with van der Waals surface area (Å²) in [6.07, 6.45) is -0.346. The number of ether oxygens (including phenoxy) is 2. The van der Waals surface area contributed by atoms with Crippen molar-refractivity contribution in [1.82, 2.24) is 0 Å². The van der Waals surface area contributed by atoms with Gasteiger partial charge in [-0.15, -0.1) is 0 Å². The second kappa shape index (κ2) is 9.41. The average molecular weight is 362 g/mol. The first-order valence-electron chi connectivity index (χ1n) is 8.93. The average Bonchev–Trinajstić information content (AvgIpc) is 2.62. The second-order valence-electron chi connectivity index (χ2n) is 6.71. The Kier molecular flexibility index (Phi) is 7.54. The molecule has 4 atom stereocenters. The fourth-order valence-electron chi connectivity index (χ4n) is 2.95. The highest BCUT2D eigenvalue weighted by atomic mass is 19.2. The molecule has 1 saturated heterocycles. The highest BCUT2D eigenvalue weighted by Crippen LogP contribution is 2.28. The molecule has 1 aliphatic rings. The van der Waals surface area contributed by atoms with Crippen molar-refractivity contribution < 1.29 is 27.0 Å². The summed E-state index contributed by atoms with van der Waals surface area (Å²) in [6, 6.07) is 2.70. The van der Waals surface area contributed by atoms with Crippen LogP contribution in [0.25, 0.3) is 0 Å². The van der Waals surface area contributed by atoms with Gasteiger partial charge in [0.15, 0.2) is 17.7 Å². The van der Waals surface area contributed by atoms with Gasteiger partial charge in [0.2, 0.25) is 5.82 Å². The van der Waals surface area contributed by atoms with Crippen LogP contribution in [0.3, 0.4) is 0 Å². The van der Waals surface area contributed by atoms with Crippen molar-refractivity contribution in [2.75, 3.05) is 13.2 Å². The molecule has 0 saturated carbocycles. The summed E-state index contributed by atoms with van der Waals surface area (Å²) in [7, 11) is 0. The van der Waals surface area contributed by atoms with E-state index >= 15 is 0 Å². The first kappa shape index (κ1) is 20.0. The molecule has 0 N–H and O–H groups in total. The molecular formula is C19H26F4O2. The lowest BCUT2D eigenvalue weighted by Gasteiger charge is -2.30. The summed E-state index contributed by atoms with van der Waals surface area (Å²) >= 11 is 0. The Morgan fingerprint density at radius 3 is 2.60 bits per heavy atom. The third-order valence-electron chi connectivity index (χ3n) is 4.66. The fraction of sp³-hybridized carbons (Fsp3) is 0.684. The largest absolute Gasteiger partial charge is 0.487 e. The minimum Gasteiger partial charge on any atom is -0.487 e. The molecule has 1 heterocycles. The lowest BCUT2D eigenvalue weighted by Crippen LogP contribution is -2.37. The number of aryl methyl sites for hydroxylation is 1. The Bertz CT molecular complexity index is 544. The molecule has 0 aromatic heterocycles. The summed E-state index contributed by atoms with van der Waals surface area (Å²) in [6.45, 7) is 3.36. The van der Waals surface area contributed by atoms with Crippen molar-refractivity contribution in [3.63, 3.8) is 0 Å². The van der Waals surface area contributed by atoms with Crippen LogP contribution in [0.15, 0.2) is 12.1 Å². The molecule has 0 amide bonds. The number of alkyl halides is 2. The molecule has 0 aliphatic carbocycles. The molecular weight excluding hydrogens is 336 g/mol. The second-order valence-corrected chi connectivity index (χ2v) is 6.71. The topological polar surface area (TPSA) is 18.5 Å². The van der Waals surface area contributed by atoms with E-state index in [0.717, 1.165) is 12.8 Å². The molecule has 6 heteroatoms. The van der Waals surface area contributed by atoms with Crippen molar-refractivity contribution in [3.8, 4) is 5.75 Å². The maximum Gasteiger partial charge on any atom is 0.200 e. The van der Waals surface area contributed by atoms with Gasteiger partial charge in [-0.2, -0.15) is 4.39 Å². The van der Waals surface area contributed by atoms with Crippen LogP contribution in [0, 0.1) is 17.6 Å². The Hall–Kier alpha value is -1.30. The molecule has 142 valence electrons. The highest BCUT2D eigenvalue weighted by Gasteiger charge is 2.33. The molecule has 0 spiro atoms. The van der Waals surface area contributed by atoms with Gasteiger partial charge in [0.05, 0.1) is 12.7 Å². The summed E-state index contributed by atoms with van der Waals surface area (Å²) in [5.41, 5.74) is 0.264. The van der Waals surface area contributed by atoms with Crippen LogP contribution in [0.2, 0.25) is 0 Å². The quantitative estimate of drug-likeness (QED) is 0.594. The maximum absolute atomic E-state index is 14.2. The van der Waals surface area contributed by atoms with Gasteiger partial charge >= 0.3 is 0 Å². The van der Waals surface area contributed by atoms with Crippen molar-refractivity contribution in [2.45, 2.75) is 64.4 Å². The zero-order valence-electron chi connectivity index (χ0n) is 14.7. The first-order chi connectivity index (χ1) is 11.9. The molecule has 1 aromatic rings. The molecule has 1 fully saturated rings. The standard InChI is InChI=1S/C19H26F4O2/c1-3-4-5-13-8-9-16(19(23)18(13)22)25-11-15(20)17(21)14-7-6-12(2)24-10-14/h8-9,12,14-15,17H,3-7,10-11H2,1-2H3. The van der Waals surface area contributed by atoms with Crippen LogP contribution < -0.4 is 4.74 Å². The van der Waals surface area contributed by atoms with Gasteiger partial charge in [0.1, 0.15) is 12.8 Å². The lowest BCUT2D eigenvalue weighted by atomic mass is 9.92. The molecule has 2 rings (SSSR count). The SMILES string of the molecule is CCCCc1ccc(OCC(F)C(F)C2CCC(C)OC2)c(F)c1F. The molecule has 4 unspecified atom stereocenters. The number of benzene rings is 1. The van der Waals surface area contributed by atoms with Gasteiger partial charge in [-0.1, -0.05) is 19.4 Å². The van der Waals surface area contributed by atoms with E-state index in [4.69, 9.17) is 9.47 Å². The smallest absolute Gasteiger partial charge is 0.200 e. The van der Waals surface area contributed by atoms with Crippen LogP contribution in [-0.4, -0.2) is 31.7 Å². The predicted octanol–water partition coefficient (Wildman–Crippen LogP) is 5.18. The van der Waals surface area contributed by atoms with Crippen LogP contribution in [-0.2, 0) is 11.2 Å². The van der Waals surface area contributed by atoms with Crippen LogP contribution >= 0.6 is 0 Å². The van der Waals surface area contributed by atoms with Crippen LogP contribution in [0.4, 0.5) is 17.6 Å².